The standard InChI is InChI=1S/C17H18N2S/c1-11-7-8-12(2)13(9-11)14(18)10-17-19-15-5-3-4-6-16(15)20-17/h3-9,14H,10,18H2,1-2H3. The third-order valence-electron chi connectivity index (χ3n) is 3.57. The third kappa shape index (κ3) is 2.60. The molecule has 0 saturated heterocycles. The van der Waals surface area contributed by atoms with Gasteiger partial charge in [-0.2, -0.15) is 0 Å². The van der Waals surface area contributed by atoms with Gasteiger partial charge in [0.25, 0.3) is 0 Å². The highest BCUT2D eigenvalue weighted by molar-refractivity contribution is 7.18. The summed E-state index contributed by atoms with van der Waals surface area (Å²) >= 11 is 1.74. The molecule has 1 heterocycles. The lowest BCUT2D eigenvalue weighted by atomic mass is 9.98. The van der Waals surface area contributed by atoms with Crippen molar-refractivity contribution < 1.29 is 0 Å². The van der Waals surface area contributed by atoms with E-state index in [9.17, 15) is 0 Å². The first kappa shape index (κ1) is 13.3. The van der Waals surface area contributed by atoms with E-state index in [1.54, 1.807) is 11.3 Å². The Labute approximate surface area is 123 Å². The minimum atomic E-state index is 0.00969. The predicted octanol–water partition coefficient (Wildman–Crippen LogP) is 4.16. The molecule has 0 bridgehead atoms. The van der Waals surface area contributed by atoms with Gasteiger partial charge >= 0.3 is 0 Å². The van der Waals surface area contributed by atoms with Crippen LogP contribution in [0.5, 0.6) is 0 Å². The minimum absolute atomic E-state index is 0.00969. The normalized spacial score (nSPS) is 12.8. The SMILES string of the molecule is Cc1ccc(C)c(C(N)Cc2nc3ccccc3s2)c1. The molecule has 1 aromatic heterocycles. The van der Waals surface area contributed by atoms with Gasteiger partial charge in [0.2, 0.25) is 0 Å². The van der Waals surface area contributed by atoms with Crippen molar-refractivity contribution in [1.29, 1.82) is 0 Å². The van der Waals surface area contributed by atoms with E-state index in [1.807, 2.05) is 6.07 Å². The summed E-state index contributed by atoms with van der Waals surface area (Å²) in [6.45, 7) is 4.22. The molecule has 0 aliphatic carbocycles. The smallest absolute Gasteiger partial charge is 0.0957 e. The maximum Gasteiger partial charge on any atom is 0.0957 e. The summed E-state index contributed by atoms with van der Waals surface area (Å²) < 4.78 is 1.23. The van der Waals surface area contributed by atoms with E-state index in [2.05, 4.69) is 55.2 Å². The van der Waals surface area contributed by atoms with Crippen molar-refractivity contribution in [3.8, 4) is 0 Å². The van der Waals surface area contributed by atoms with Crippen LogP contribution in [-0.2, 0) is 6.42 Å². The molecule has 2 N–H and O–H groups in total. The first-order chi connectivity index (χ1) is 9.63. The molecule has 1 unspecified atom stereocenters. The first-order valence-electron chi connectivity index (χ1n) is 6.80. The minimum Gasteiger partial charge on any atom is -0.324 e. The highest BCUT2D eigenvalue weighted by Gasteiger charge is 2.13. The number of fused-ring (bicyclic) bond motifs is 1. The summed E-state index contributed by atoms with van der Waals surface area (Å²) in [4.78, 5) is 4.67. The molecule has 102 valence electrons. The summed E-state index contributed by atoms with van der Waals surface area (Å²) in [5.41, 5.74) is 11.2. The molecule has 20 heavy (non-hydrogen) atoms. The second-order valence-corrected chi connectivity index (χ2v) is 6.36. The van der Waals surface area contributed by atoms with Crippen molar-refractivity contribution in [2.24, 2.45) is 5.73 Å². The van der Waals surface area contributed by atoms with Gasteiger partial charge in [-0.25, -0.2) is 4.98 Å². The number of thiazole rings is 1. The van der Waals surface area contributed by atoms with E-state index < -0.39 is 0 Å². The van der Waals surface area contributed by atoms with Gasteiger partial charge in [0.15, 0.2) is 0 Å². The third-order valence-corrected chi connectivity index (χ3v) is 4.63. The van der Waals surface area contributed by atoms with Crippen LogP contribution in [0, 0.1) is 13.8 Å². The number of nitrogens with two attached hydrogens (primary N) is 1. The lowest BCUT2D eigenvalue weighted by Gasteiger charge is -2.14. The average Bonchev–Trinajstić information content (AvgIpc) is 2.83. The summed E-state index contributed by atoms with van der Waals surface area (Å²) in [5, 5.41) is 1.11. The Morgan fingerprint density at radius 1 is 1.15 bits per heavy atom. The largest absolute Gasteiger partial charge is 0.324 e. The quantitative estimate of drug-likeness (QED) is 0.783. The number of benzene rings is 2. The van der Waals surface area contributed by atoms with Gasteiger partial charge in [0.05, 0.1) is 15.2 Å². The number of hydrogen-bond acceptors (Lipinski definition) is 3. The van der Waals surface area contributed by atoms with Crippen LogP contribution in [0.15, 0.2) is 42.5 Å². The Kier molecular flexibility index (Phi) is 3.55. The van der Waals surface area contributed by atoms with Gasteiger partial charge < -0.3 is 5.73 Å². The fourth-order valence-electron chi connectivity index (χ4n) is 2.46. The lowest BCUT2D eigenvalue weighted by Crippen LogP contribution is -2.14. The molecule has 0 radical (unpaired) electrons. The molecule has 1 atom stereocenters. The first-order valence-corrected chi connectivity index (χ1v) is 7.62. The summed E-state index contributed by atoms with van der Waals surface area (Å²) in [7, 11) is 0. The second-order valence-electron chi connectivity index (χ2n) is 5.25. The molecule has 3 rings (SSSR count). The fourth-order valence-corrected chi connectivity index (χ4v) is 3.49. The topological polar surface area (TPSA) is 38.9 Å². The zero-order valence-corrected chi connectivity index (χ0v) is 12.6. The van der Waals surface area contributed by atoms with E-state index in [-0.39, 0.29) is 6.04 Å². The molecule has 3 aromatic rings. The van der Waals surface area contributed by atoms with Crippen LogP contribution >= 0.6 is 11.3 Å². The van der Waals surface area contributed by atoms with Crippen LogP contribution in [0.1, 0.15) is 27.7 Å². The molecule has 0 saturated carbocycles. The van der Waals surface area contributed by atoms with E-state index >= 15 is 0 Å². The van der Waals surface area contributed by atoms with Crippen molar-refractivity contribution >= 4 is 21.6 Å². The van der Waals surface area contributed by atoms with Crippen molar-refractivity contribution in [2.45, 2.75) is 26.3 Å². The molecule has 3 heteroatoms. The van der Waals surface area contributed by atoms with Crippen LogP contribution in [-0.4, -0.2) is 4.98 Å². The van der Waals surface area contributed by atoms with Gasteiger partial charge in [-0.15, -0.1) is 11.3 Å². The van der Waals surface area contributed by atoms with Crippen molar-refractivity contribution in [3.05, 3.63) is 64.2 Å². The number of hydrogen-bond donors (Lipinski definition) is 1. The maximum absolute atomic E-state index is 6.39. The molecule has 0 aliphatic rings. The van der Waals surface area contributed by atoms with Crippen LogP contribution in [0.3, 0.4) is 0 Å². The number of rotatable bonds is 3. The van der Waals surface area contributed by atoms with Crippen LogP contribution < -0.4 is 5.73 Å². The van der Waals surface area contributed by atoms with Gasteiger partial charge in [0, 0.05) is 12.5 Å². The van der Waals surface area contributed by atoms with Gasteiger partial charge in [0.1, 0.15) is 0 Å². The molecule has 0 aliphatic heterocycles. The highest BCUT2D eigenvalue weighted by atomic mass is 32.1. The number of aryl methyl sites for hydroxylation is 2. The summed E-state index contributed by atoms with van der Waals surface area (Å²) in [6.07, 6.45) is 0.795. The Morgan fingerprint density at radius 2 is 1.95 bits per heavy atom. The van der Waals surface area contributed by atoms with E-state index in [0.29, 0.717) is 0 Å². The lowest BCUT2D eigenvalue weighted by molar-refractivity contribution is 0.713. The van der Waals surface area contributed by atoms with E-state index in [1.165, 1.54) is 21.4 Å². The van der Waals surface area contributed by atoms with Gasteiger partial charge in [-0.05, 0) is 37.1 Å². The van der Waals surface area contributed by atoms with Gasteiger partial charge in [-0.3, -0.25) is 0 Å². The van der Waals surface area contributed by atoms with E-state index in [0.717, 1.165) is 16.9 Å². The fraction of sp³-hybridized carbons (Fsp3) is 0.235. The van der Waals surface area contributed by atoms with Crippen molar-refractivity contribution in [3.63, 3.8) is 0 Å². The molecule has 0 amide bonds. The van der Waals surface area contributed by atoms with Crippen LogP contribution in [0.4, 0.5) is 0 Å². The highest BCUT2D eigenvalue weighted by Crippen LogP contribution is 2.26. The maximum atomic E-state index is 6.39. The summed E-state index contributed by atoms with van der Waals surface area (Å²) in [6, 6.07) is 14.7. The Morgan fingerprint density at radius 3 is 2.75 bits per heavy atom. The summed E-state index contributed by atoms with van der Waals surface area (Å²) in [5.74, 6) is 0. The Balaban J connectivity index is 1.88. The average molecular weight is 282 g/mol. The van der Waals surface area contributed by atoms with Crippen molar-refractivity contribution in [2.75, 3.05) is 0 Å². The zero-order valence-electron chi connectivity index (χ0n) is 11.8. The second kappa shape index (κ2) is 5.35. The molecule has 2 nitrogen and oxygen atoms in total. The van der Waals surface area contributed by atoms with Gasteiger partial charge in [-0.1, -0.05) is 35.9 Å². The molecular weight excluding hydrogens is 264 g/mol. The Hall–Kier alpha value is -1.71. The molecule has 0 spiro atoms. The van der Waals surface area contributed by atoms with Crippen LogP contribution in [0.2, 0.25) is 0 Å². The molecule has 0 fully saturated rings. The molecule has 2 aromatic carbocycles. The molecular formula is C17H18N2S. The zero-order chi connectivity index (χ0) is 14.1. The Bertz CT molecular complexity index is 713. The van der Waals surface area contributed by atoms with Crippen LogP contribution in [0.25, 0.3) is 10.2 Å². The van der Waals surface area contributed by atoms with E-state index in [4.69, 9.17) is 5.73 Å². The number of nitrogens with zero attached hydrogens (tertiary/aromatic N) is 1. The monoisotopic (exact) mass is 282 g/mol. The number of aromatic nitrogens is 1. The van der Waals surface area contributed by atoms with Crippen molar-refractivity contribution in [1.82, 2.24) is 4.98 Å². The number of para-hydroxylation sites is 1. The predicted molar refractivity (Wildman–Crippen MR) is 86.2 cm³/mol.